The van der Waals surface area contributed by atoms with Gasteiger partial charge >= 0.3 is 0 Å². The number of rotatable bonds is 5. The largest absolute Gasteiger partial charge is 0.329 e. The molecule has 1 unspecified atom stereocenters. The lowest BCUT2D eigenvalue weighted by atomic mass is 9.99. The molecule has 0 saturated heterocycles. The van der Waals surface area contributed by atoms with E-state index in [1.807, 2.05) is 42.6 Å². The molecule has 18 heavy (non-hydrogen) atoms. The molecule has 92 valence electrons. The Balaban J connectivity index is 2.42. The molecule has 0 aliphatic carbocycles. The smallest absolute Gasteiger partial charge is 0.192 e. The molecule has 0 radical (unpaired) electrons. The first-order chi connectivity index (χ1) is 8.86. The number of allylic oxidation sites excluding steroid dienone is 1. The second kappa shape index (κ2) is 6.07. The van der Waals surface area contributed by atoms with Crippen LogP contribution < -0.4 is 10.3 Å². The number of nitrogens with two attached hydrogens (primary N) is 1. The Kier molecular flexibility index (Phi) is 4.20. The third-order valence-corrected chi connectivity index (χ3v) is 2.94. The van der Waals surface area contributed by atoms with E-state index in [1.165, 1.54) is 5.69 Å². The Morgan fingerprint density at radius 2 is 2.11 bits per heavy atom. The molecular formula is C15H18N3+. The zero-order valence-electron chi connectivity index (χ0n) is 10.4. The molecule has 2 aromatic heterocycles. The van der Waals surface area contributed by atoms with Crippen molar-refractivity contribution in [3.05, 3.63) is 72.8 Å². The minimum Gasteiger partial charge on any atom is -0.329 e. The molecule has 0 bridgehead atoms. The normalized spacial score (nSPS) is 12.1. The third kappa shape index (κ3) is 2.63. The molecule has 1 atom stereocenters. The average Bonchev–Trinajstić information content (AvgIpc) is 2.43. The molecule has 0 aliphatic heterocycles. The van der Waals surface area contributed by atoms with Gasteiger partial charge in [-0.15, -0.1) is 0 Å². The zero-order valence-corrected chi connectivity index (χ0v) is 10.4. The molecule has 3 nitrogen and oxygen atoms in total. The fourth-order valence-electron chi connectivity index (χ4n) is 2.09. The maximum atomic E-state index is 5.92. The number of nitrogens with zero attached hydrogens (tertiary/aromatic N) is 2. The number of hydrogen-bond donors (Lipinski definition) is 1. The lowest BCUT2D eigenvalue weighted by Crippen LogP contribution is -2.40. The van der Waals surface area contributed by atoms with E-state index in [4.69, 9.17) is 5.73 Å². The Morgan fingerprint density at radius 3 is 2.78 bits per heavy atom. The molecule has 0 aromatic carbocycles. The highest BCUT2D eigenvalue weighted by molar-refractivity contribution is 5.20. The Hall–Kier alpha value is -2.00. The van der Waals surface area contributed by atoms with Crippen LogP contribution in [-0.4, -0.2) is 11.5 Å². The summed E-state index contributed by atoms with van der Waals surface area (Å²) in [5.74, 6) is 0.118. The van der Waals surface area contributed by atoms with E-state index in [0.29, 0.717) is 6.54 Å². The molecule has 2 aromatic rings. The van der Waals surface area contributed by atoms with Crippen molar-refractivity contribution in [3.63, 3.8) is 0 Å². The van der Waals surface area contributed by atoms with Crippen LogP contribution in [0.3, 0.4) is 0 Å². The van der Waals surface area contributed by atoms with E-state index < -0.39 is 0 Å². The van der Waals surface area contributed by atoms with Crippen LogP contribution >= 0.6 is 0 Å². The third-order valence-electron chi connectivity index (χ3n) is 2.94. The van der Waals surface area contributed by atoms with Crippen molar-refractivity contribution in [1.82, 2.24) is 4.98 Å². The lowest BCUT2D eigenvalue weighted by Gasteiger charge is -2.12. The summed E-state index contributed by atoms with van der Waals surface area (Å²) in [5.41, 5.74) is 8.09. The Morgan fingerprint density at radius 1 is 1.28 bits per heavy atom. The fraction of sp³-hybridized carbons (Fsp3) is 0.200. The van der Waals surface area contributed by atoms with E-state index >= 15 is 0 Å². The highest BCUT2D eigenvalue weighted by atomic mass is 15.0. The van der Waals surface area contributed by atoms with Gasteiger partial charge in [0.2, 0.25) is 0 Å². The molecule has 0 spiro atoms. The topological polar surface area (TPSA) is 42.8 Å². The van der Waals surface area contributed by atoms with Crippen molar-refractivity contribution in [2.45, 2.75) is 12.5 Å². The van der Waals surface area contributed by atoms with Gasteiger partial charge in [0.25, 0.3) is 0 Å². The van der Waals surface area contributed by atoms with E-state index in [1.54, 1.807) is 6.20 Å². The van der Waals surface area contributed by atoms with Crippen molar-refractivity contribution in [2.24, 2.45) is 5.73 Å². The van der Waals surface area contributed by atoms with Crippen LogP contribution in [0, 0.1) is 0 Å². The molecule has 2 heterocycles. The van der Waals surface area contributed by atoms with E-state index in [9.17, 15) is 0 Å². The van der Waals surface area contributed by atoms with Crippen LogP contribution in [0.15, 0.2) is 61.4 Å². The summed E-state index contributed by atoms with van der Waals surface area (Å²) >= 11 is 0. The quantitative estimate of drug-likeness (QED) is 0.638. The molecule has 0 amide bonds. The SMILES string of the molecule is C=CC[n+]1ccccc1C(CN)c1ccccn1. The molecule has 2 N–H and O–H groups in total. The summed E-state index contributed by atoms with van der Waals surface area (Å²) < 4.78 is 2.15. The number of pyridine rings is 2. The van der Waals surface area contributed by atoms with Gasteiger partial charge in [-0.05, 0) is 18.2 Å². The minimum atomic E-state index is 0.118. The van der Waals surface area contributed by atoms with Gasteiger partial charge in [0.05, 0.1) is 11.6 Å². The van der Waals surface area contributed by atoms with Gasteiger partial charge in [0.15, 0.2) is 18.4 Å². The summed E-state index contributed by atoms with van der Waals surface area (Å²) in [6.07, 6.45) is 5.73. The van der Waals surface area contributed by atoms with Crippen LogP contribution in [0.25, 0.3) is 0 Å². The first-order valence-electron chi connectivity index (χ1n) is 6.07. The number of aromatic nitrogens is 2. The standard InChI is InChI=1S/C15H18N3/c1-2-10-18-11-6-4-8-15(18)13(12-16)14-7-3-5-9-17-14/h2-9,11,13H,1,10,12,16H2/q+1. The van der Waals surface area contributed by atoms with Crippen LogP contribution in [0.1, 0.15) is 17.3 Å². The van der Waals surface area contributed by atoms with Gasteiger partial charge in [-0.3, -0.25) is 4.98 Å². The van der Waals surface area contributed by atoms with Crippen molar-refractivity contribution >= 4 is 0 Å². The van der Waals surface area contributed by atoms with Crippen molar-refractivity contribution in [1.29, 1.82) is 0 Å². The molecule has 2 rings (SSSR count). The second-order valence-corrected chi connectivity index (χ2v) is 4.11. The molecule has 0 aliphatic rings. The number of hydrogen-bond acceptors (Lipinski definition) is 2. The first-order valence-corrected chi connectivity index (χ1v) is 6.07. The van der Waals surface area contributed by atoms with Gasteiger partial charge in [-0.1, -0.05) is 18.7 Å². The maximum Gasteiger partial charge on any atom is 0.192 e. The maximum absolute atomic E-state index is 5.92. The molecule has 0 saturated carbocycles. The van der Waals surface area contributed by atoms with Gasteiger partial charge in [-0.2, -0.15) is 4.57 Å². The van der Waals surface area contributed by atoms with Gasteiger partial charge in [0.1, 0.15) is 0 Å². The van der Waals surface area contributed by atoms with Crippen molar-refractivity contribution in [3.8, 4) is 0 Å². The monoisotopic (exact) mass is 240 g/mol. The van der Waals surface area contributed by atoms with Crippen LogP contribution in [0.5, 0.6) is 0 Å². The zero-order chi connectivity index (χ0) is 12.8. The first kappa shape index (κ1) is 12.5. The second-order valence-electron chi connectivity index (χ2n) is 4.11. The van der Waals surface area contributed by atoms with E-state index in [0.717, 1.165) is 12.2 Å². The lowest BCUT2D eigenvalue weighted by molar-refractivity contribution is -0.695. The summed E-state index contributed by atoms with van der Waals surface area (Å²) in [5, 5.41) is 0. The van der Waals surface area contributed by atoms with Crippen LogP contribution in [0.2, 0.25) is 0 Å². The average molecular weight is 240 g/mol. The van der Waals surface area contributed by atoms with Crippen LogP contribution in [-0.2, 0) is 6.54 Å². The van der Waals surface area contributed by atoms with Gasteiger partial charge in [0, 0.05) is 24.9 Å². The van der Waals surface area contributed by atoms with Crippen molar-refractivity contribution in [2.75, 3.05) is 6.54 Å². The minimum absolute atomic E-state index is 0.118. The molecule has 0 fully saturated rings. The van der Waals surface area contributed by atoms with Gasteiger partial charge in [-0.25, -0.2) is 0 Å². The summed E-state index contributed by atoms with van der Waals surface area (Å²) in [6.45, 7) is 5.10. The van der Waals surface area contributed by atoms with Crippen LogP contribution in [0.4, 0.5) is 0 Å². The highest BCUT2D eigenvalue weighted by Crippen LogP contribution is 2.18. The predicted molar refractivity (Wildman–Crippen MR) is 72.0 cm³/mol. The molecule has 3 heteroatoms. The Bertz CT molecular complexity index is 508. The summed E-state index contributed by atoms with van der Waals surface area (Å²) in [4.78, 5) is 4.41. The summed E-state index contributed by atoms with van der Waals surface area (Å²) in [6, 6.07) is 12.1. The van der Waals surface area contributed by atoms with E-state index in [2.05, 4.69) is 22.2 Å². The summed E-state index contributed by atoms with van der Waals surface area (Å²) in [7, 11) is 0. The van der Waals surface area contributed by atoms with E-state index in [-0.39, 0.29) is 5.92 Å². The van der Waals surface area contributed by atoms with Gasteiger partial charge < -0.3 is 5.73 Å². The fourth-order valence-corrected chi connectivity index (χ4v) is 2.09. The van der Waals surface area contributed by atoms with Crippen molar-refractivity contribution < 1.29 is 4.57 Å². The Labute approximate surface area is 108 Å². The highest BCUT2D eigenvalue weighted by Gasteiger charge is 2.22. The molecular weight excluding hydrogens is 222 g/mol. The predicted octanol–water partition coefficient (Wildman–Crippen LogP) is 1.65.